The van der Waals surface area contributed by atoms with Crippen molar-refractivity contribution >= 4 is 34.5 Å². The van der Waals surface area contributed by atoms with Crippen LogP contribution in [0.2, 0.25) is 0 Å². The highest BCUT2D eigenvalue weighted by Gasteiger charge is 2.10. The molecule has 2 aromatic heterocycles. The first kappa shape index (κ1) is 21.9. The molecule has 0 aliphatic heterocycles. The van der Waals surface area contributed by atoms with Gasteiger partial charge in [0.2, 0.25) is 11.9 Å². The molecule has 0 saturated carbocycles. The molecule has 8 nitrogen and oxygen atoms in total. The van der Waals surface area contributed by atoms with E-state index in [1.54, 1.807) is 0 Å². The second-order valence-corrected chi connectivity index (χ2v) is 7.53. The van der Waals surface area contributed by atoms with Gasteiger partial charge in [0.05, 0.1) is 0 Å². The number of aromatic nitrogens is 3. The van der Waals surface area contributed by atoms with E-state index in [1.807, 2.05) is 44.3 Å². The van der Waals surface area contributed by atoms with Crippen molar-refractivity contribution in [2.45, 2.75) is 20.3 Å². The molecule has 0 bridgehead atoms. The summed E-state index contributed by atoms with van der Waals surface area (Å²) in [7, 11) is 0. The van der Waals surface area contributed by atoms with Crippen molar-refractivity contribution in [1.29, 1.82) is 0 Å². The van der Waals surface area contributed by atoms with E-state index in [9.17, 15) is 9.18 Å². The second kappa shape index (κ2) is 9.90. The first-order valence-electron chi connectivity index (χ1n) is 10.5. The molecule has 0 spiro atoms. The number of aliphatic imine (C=N–C) groups is 1. The SMILES string of the molecule is Cc1cc(C)nc(NC(=NCCc2c[nH]c3ccccc23)NC(=O)Nc2ccc(F)cc2)n1. The minimum Gasteiger partial charge on any atom is -0.361 e. The summed E-state index contributed by atoms with van der Waals surface area (Å²) in [6.45, 7) is 4.15. The Hall–Kier alpha value is -4.27. The van der Waals surface area contributed by atoms with Crippen molar-refractivity contribution in [2.24, 2.45) is 4.99 Å². The van der Waals surface area contributed by atoms with Crippen molar-refractivity contribution in [1.82, 2.24) is 20.3 Å². The Balaban J connectivity index is 1.49. The van der Waals surface area contributed by atoms with Gasteiger partial charge in [0.1, 0.15) is 5.82 Å². The quantitative estimate of drug-likeness (QED) is 0.267. The molecule has 0 saturated heterocycles. The maximum atomic E-state index is 13.1. The highest BCUT2D eigenvalue weighted by molar-refractivity contribution is 6.07. The number of guanidine groups is 1. The number of para-hydroxylation sites is 1. The number of nitrogens with zero attached hydrogens (tertiary/aromatic N) is 3. The number of hydrogen-bond acceptors (Lipinski definition) is 4. The largest absolute Gasteiger partial charge is 0.361 e. The number of fused-ring (bicyclic) bond motifs is 1. The fourth-order valence-electron chi connectivity index (χ4n) is 3.43. The van der Waals surface area contributed by atoms with Crippen molar-refractivity contribution in [3.8, 4) is 0 Å². The van der Waals surface area contributed by atoms with Crippen LogP contribution >= 0.6 is 0 Å². The van der Waals surface area contributed by atoms with Gasteiger partial charge in [-0.25, -0.2) is 19.2 Å². The third kappa shape index (κ3) is 5.91. The summed E-state index contributed by atoms with van der Waals surface area (Å²) >= 11 is 0. The third-order valence-electron chi connectivity index (χ3n) is 4.87. The average Bonchev–Trinajstić information content (AvgIpc) is 3.18. The number of H-pyrrole nitrogens is 1. The summed E-state index contributed by atoms with van der Waals surface area (Å²) in [5.74, 6) is 0.161. The van der Waals surface area contributed by atoms with E-state index in [0.29, 0.717) is 24.6 Å². The van der Waals surface area contributed by atoms with E-state index in [2.05, 4.69) is 42.0 Å². The number of aryl methyl sites for hydroxylation is 2. The smallest absolute Gasteiger partial charge is 0.326 e. The first-order valence-corrected chi connectivity index (χ1v) is 10.5. The molecule has 0 aliphatic rings. The van der Waals surface area contributed by atoms with Gasteiger partial charge in [-0.2, -0.15) is 0 Å². The van der Waals surface area contributed by atoms with Gasteiger partial charge in [-0.3, -0.25) is 15.6 Å². The molecule has 4 aromatic rings. The summed E-state index contributed by atoms with van der Waals surface area (Å²) in [6.07, 6.45) is 2.64. The summed E-state index contributed by atoms with van der Waals surface area (Å²) in [5.41, 5.74) is 4.23. The van der Waals surface area contributed by atoms with Crippen LogP contribution < -0.4 is 16.0 Å². The summed E-state index contributed by atoms with van der Waals surface area (Å²) in [6, 6.07) is 14.9. The number of amides is 2. The number of nitrogens with one attached hydrogen (secondary N) is 4. The number of urea groups is 1. The molecule has 2 aromatic carbocycles. The summed E-state index contributed by atoms with van der Waals surface area (Å²) in [5, 5.41) is 9.48. The van der Waals surface area contributed by atoms with Crippen LogP contribution in [0, 0.1) is 19.7 Å². The fraction of sp³-hybridized carbons (Fsp3) is 0.167. The van der Waals surface area contributed by atoms with Crippen molar-refractivity contribution in [3.63, 3.8) is 0 Å². The van der Waals surface area contributed by atoms with E-state index in [0.717, 1.165) is 27.9 Å². The van der Waals surface area contributed by atoms with E-state index in [4.69, 9.17) is 0 Å². The van der Waals surface area contributed by atoms with Crippen LogP contribution in [0.15, 0.2) is 65.8 Å². The Bertz CT molecular complexity index is 1280. The molecule has 0 unspecified atom stereocenters. The molecule has 168 valence electrons. The van der Waals surface area contributed by atoms with Gasteiger partial charge < -0.3 is 10.3 Å². The lowest BCUT2D eigenvalue weighted by Crippen LogP contribution is -2.39. The number of halogens is 1. The zero-order valence-electron chi connectivity index (χ0n) is 18.3. The maximum Gasteiger partial charge on any atom is 0.326 e. The van der Waals surface area contributed by atoms with Crippen LogP contribution in [0.4, 0.5) is 20.8 Å². The number of carbonyl (C=O) groups excluding carboxylic acids is 1. The Morgan fingerprint density at radius 1 is 1.03 bits per heavy atom. The molecule has 0 atom stereocenters. The Labute approximate surface area is 190 Å². The number of hydrogen-bond donors (Lipinski definition) is 4. The molecule has 9 heteroatoms. The third-order valence-corrected chi connectivity index (χ3v) is 4.87. The number of benzene rings is 2. The van der Waals surface area contributed by atoms with E-state index in [-0.39, 0.29) is 11.8 Å². The molecule has 4 N–H and O–H groups in total. The van der Waals surface area contributed by atoms with Crippen LogP contribution in [0.3, 0.4) is 0 Å². The summed E-state index contributed by atoms with van der Waals surface area (Å²) < 4.78 is 13.1. The lowest BCUT2D eigenvalue weighted by Gasteiger charge is -2.12. The number of carbonyl (C=O) groups is 1. The van der Waals surface area contributed by atoms with Gasteiger partial charge in [0.25, 0.3) is 0 Å². The van der Waals surface area contributed by atoms with Gasteiger partial charge >= 0.3 is 6.03 Å². The Kier molecular flexibility index (Phi) is 6.58. The Morgan fingerprint density at radius 3 is 2.52 bits per heavy atom. The second-order valence-electron chi connectivity index (χ2n) is 7.53. The highest BCUT2D eigenvalue weighted by Crippen LogP contribution is 2.18. The van der Waals surface area contributed by atoms with Crippen LogP contribution in [-0.2, 0) is 6.42 Å². The predicted octanol–water partition coefficient (Wildman–Crippen LogP) is 4.55. The minimum atomic E-state index is -0.524. The standard InChI is InChI=1S/C24H24FN7O/c1-15-13-16(2)29-23(28-15)31-22(32-24(33)30-19-9-7-18(25)8-10-19)26-12-11-17-14-27-21-6-4-3-5-20(17)21/h3-10,13-14,27H,11-12H2,1-2H3,(H3,26,28,29,30,31,32,33). The predicted molar refractivity (Wildman–Crippen MR) is 128 cm³/mol. The van der Waals surface area contributed by atoms with Crippen molar-refractivity contribution < 1.29 is 9.18 Å². The number of anilines is 2. The minimum absolute atomic E-state index is 0.208. The molecule has 2 heterocycles. The van der Waals surface area contributed by atoms with Gasteiger partial charge in [-0.05, 0) is 62.2 Å². The molecule has 2 amide bonds. The van der Waals surface area contributed by atoms with E-state index < -0.39 is 6.03 Å². The van der Waals surface area contributed by atoms with Crippen LogP contribution in [0.1, 0.15) is 17.0 Å². The number of rotatable bonds is 5. The molecular weight excluding hydrogens is 421 g/mol. The highest BCUT2D eigenvalue weighted by atomic mass is 19.1. The van der Waals surface area contributed by atoms with Crippen molar-refractivity contribution in [2.75, 3.05) is 17.2 Å². The van der Waals surface area contributed by atoms with Crippen LogP contribution in [0.5, 0.6) is 0 Å². The average molecular weight is 446 g/mol. The fourth-order valence-corrected chi connectivity index (χ4v) is 3.43. The topological polar surface area (TPSA) is 107 Å². The normalized spacial score (nSPS) is 11.4. The first-order chi connectivity index (χ1) is 16.0. The lowest BCUT2D eigenvalue weighted by molar-refractivity contribution is 0.256. The van der Waals surface area contributed by atoms with Crippen molar-refractivity contribution in [3.05, 3.63) is 83.6 Å². The zero-order valence-corrected chi connectivity index (χ0v) is 18.3. The monoisotopic (exact) mass is 445 g/mol. The molecule has 4 rings (SSSR count). The molecule has 0 aliphatic carbocycles. The van der Waals surface area contributed by atoms with E-state index in [1.165, 1.54) is 24.3 Å². The van der Waals surface area contributed by atoms with Crippen LogP contribution in [0.25, 0.3) is 10.9 Å². The van der Waals surface area contributed by atoms with Gasteiger partial charge in [-0.1, -0.05) is 18.2 Å². The molecule has 0 radical (unpaired) electrons. The maximum absolute atomic E-state index is 13.1. The molecule has 33 heavy (non-hydrogen) atoms. The van der Waals surface area contributed by atoms with Crippen LogP contribution in [-0.4, -0.2) is 33.5 Å². The molecular formula is C24H24FN7O. The zero-order chi connectivity index (χ0) is 23.2. The number of aromatic amines is 1. The van der Waals surface area contributed by atoms with Gasteiger partial charge in [0.15, 0.2) is 0 Å². The van der Waals surface area contributed by atoms with E-state index >= 15 is 0 Å². The summed E-state index contributed by atoms with van der Waals surface area (Å²) in [4.78, 5) is 29.0. The lowest BCUT2D eigenvalue weighted by atomic mass is 10.1. The molecule has 0 fully saturated rings. The Morgan fingerprint density at radius 2 is 1.76 bits per heavy atom. The van der Waals surface area contributed by atoms with Gasteiger partial charge in [-0.15, -0.1) is 0 Å². The van der Waals surface area contributed by atoms with Gasteiger partial charge in [0, 0.05) is 40.7 Å².